The highest BCUT2D eigenvalue weighted by atomic mass is 19.3. The van der Waals surface area contributed by atoms with Gasteiger partial charge in [-0.1, -0.05) is 18.9 Å². The molecule has 0 saturated heterocycles. The van der Waals surface area contributed by atoms with Gasteiger partial charge in [0, 0.05) is 17.6 Å². The van der Waals surface area contributed by atoms with Gasteiger partial charge in [-0.05, 0) is 31.0 Å². The molecule has 1 saturated carbocycles. The molecular weight excluding hydrogens is 266 g/mol. The Bertz CT molecular complexity index is 468. The van der Waals surface area contributed by atoms with E-state index in [1.54, 1.807) is 6.07 Å². The van der Waals surface area contributed by atoms with Crippen molar-refractivity contribution in [3.8, 4) is 5.75 Å². The van der Waals surface area contributed by atoms with Gasteiger partial charge in [-0.15, -0.1) is 0 Å². The number of nitrogens with one attached hydrogen (secondary N) is 1. The molecule has 1 aromatic rings. The molecule has 1 aliphatic rings. The summed E-state index contributed by atoms with van der Waals surface area (Å²) in [4.78, 5) is 12.1. The summed E-state index contributed by atoms with van der Waals surface area (Å²) < 4.78 is 28.6. The summed E-state index contributed by atoms with van der Waals surface area (Å²) in [6.45, 7) is -2.90. The van der Waals surface area contributed by atoms with Crippen molar-refractivity contribution >= 4 is 5.91 Å². The minimum Gasteiger partial charge on any atom is -0.435 e. The fraction of sp³-hybridized carbons (Fsp3) is 0.500. The first-order valence-electron chi connectivity index (χ1n) is 6.67. The Morgan fingerprint density at radius 2 is 2.10 bits per heavy atom. The molecule has 1 amide bonds. The zero-order valence-electron chi connectivity index (χ0n) is 11.0. The number of benzene rings is 1. The fourth-order valence-corrected chi connectivity index (χ4v) is 2.40. The molecule has 3 N–H and O–H groups in total. The fourth-order valence-electron chi connectivity index (χ4n) is 2.40. The Kier molecular flexibility index (Phi) is 4.89. The molecule has 2 rings (SSSR count). The summed E-state index contributed by atoms with van der Waals surface area (Å²) >= 11 is 0. The molecule has 20 heavy (non-hydrogen) atoms. The van der Waals surface area contributed by atoms with Crippen molar-refractivity contribution in [2.24, 2.45) is 5.73 Å². The molecule has 0 bridgehead atoms. The summed E-state index contributed by atoms with van der Waals surface area (Å²) in [6, 6.07) is 5.64. The number of amides is 1. The predicted molar refractivity (Wildman–Crippen MR) is 70.8 cm³/mol. The normalized spacial score (nSPS) is 22.6. The maximum atomic E-state index is 12.1. The van der Waals surface area contributed by atoms with Crippen molar-refractivity contribution in [3.63, 3.8) is 0 Å². The van der Waals surface area contributed by atoms with E-state index >= 15 is 0 Å². The van der Waals surface area contributed by atoms with Crippen molar-refractivity contribution in [3.05, 3.63) is 29.8 Å². The summed E-state index contributed by atoms with van der Waals surface area (Å²) in [5.74, 6) is -0.340. The van der Waals surface area contributed by atoms with Gasteiger partial charge in [0.05, 0.1) is 0 Å². The van der Waals surface area contributed by atoms with Crippen LogP contribution in [-0.2, 0) is 0 Å². The summed E-state index contributed by atoms with van der Waals surface area (Å²) in [7, 11) is 0. The van der Waals surface area contributed by atoms with Gasteiger partial charge in [0.15, 0.2) is 0 Å². The number of hydrogen-bond acceptors (Lipinski definition) is 3. The third-order valence-electron chi connectivity index (χ3n) is 3.46. The second-order valence-corrected chi connectivity index (χ2v) is 4.93. The number of nitrogens with two attached hydrogens (primary N) is 1. The van der Waals surface area contributed by atoms with Crippen LogP contribution in [0, 0.1) is 0 Å². The van der Waals surface area contributed by atoms with Gasteiger partial charge in [-0.2, -0.15) is 8.78 Å². The lowest BCUT2D eigenvalue weighted by Gasteiger charge is -2.29. The maximum absolute atomic E-state index is 12.1. The van der Waals surface area contributed by atoms with E-state index in [0.29, 0.717) is 5.56 Å². The van der Waals surface area contributed by atoms with E-state index in [1.165, 1.54) is 18.2 Å². The molecule has 0 aliphatic heterocycles. The number of alkyl halides is 2. The number of carbonyl (C=O) groups excluding carboxylic acids is 1. The second-order valence-electron chi connectivity index (χ2n) is 4.93. The van der Waals surface area contributed by atoms with Gasteiger partial charge in [0.2, 0.25) is 0 Å². The zero-order chi connectivity index (χ0) is 14.5. The predicted octanol–water partition coefficient (Wildman–Crippen LogP) is 2.29. The molecule has 0 unspecified atom stereocenters. The van der Waals surface area contributed by atoms with Gasteiger partial charge in [-0.25, -0.2) is 0 Å². The third kappa shape index (κ3) is 3.90. The van der Waals surface area contributed by atoms with Gasteiger partial charge in [-0.3, -0.25) is 4.79 Å². The van der Waals surface area contributed by atoms with Gasteiger partial charge in [0.1, 0.15) is 5.75 Å². The Morgan fingerprint density at radius 3 is 2.80 bits per heavy atom. The van der Waals surface area contributed by atoms with Crippen LogP contribution >= 0.6 is 0 Å². The number of rotatable bonds is 4. The first kappa shape index (κ1) is 14.7. The zero-order valence-corrected chi connectivity index (χ0v) is 11.0. The average Bonchev–Trinajstić information content (AvgIpc) is 2.41. The van der Waals surface area contributed by atoms with Gasteiger partial charge in [0.25, 0.3) is 5.91 Å². The number of halogens is 2. The Balaban J connectivity index is 2.01. The van der Waals surface area contributed by atoms with E-state index in [0.717, 1.165) is 25.7 Å². The van der Waals surface area contributed by atoms with Crippen LogP contribution in [0.1, 0.15) is 36.0 Å². The van der Waals surface area contributed by atoms with Crippen LogP contribution in [0.3, 0.4) is 0 Å². The standard InChI is InChI=1S/C14H18F2N2O2/c15-14(16)20-10-5-3-4-9(8-10)13(19)18-12-7-2-1-6-11(12)17/h3-5,8,11-12,14H,1-2,6-7,17H2,(H,18,19)/t11-,12-/m1/s1. The molecule has 6 heteroatoms. The maximum Gasteiger partial charge on any atom is 0.387 e. The highest BCUT2D eigenvalue weighted by Crippen LogP contribution is 2.19. The SMILES string of the molecule is N[C@@H]1CCCC[C@H]1NC(=O)c1cccc(OC(F)F)c1. The van der Waals surface area contributed by atoms with E-state index in [1.807, 2.05) is 0 Å². The van der Waals surface area contributed by atoms with Crippen molar-refractivity contribution < 1.29 is 18.3 Å². The minimum absolute atomic E-state index is 0.0272. The topological polar surface area (TPSA) is 64.3 Å². The van der Waals surface area contributed by atoms with Crippen LogP contribution in [0.5, 0.6) is 5.75 Å². The average molecular weight is 284 g/mol. The molecule has 1 fully saturated rings. The summed E-state index contributed by atoms with van der Waals surface area (Å²) in [5, 5.41) is 2.86. The highest BCUT2D eigenvalue weighted by molar-refractivity contribution is 5.94. The smallest absolute Gasteiger partial charge is 0.387 e. The first-order valence-corrected chi connectivity index (χ1v) is 6.67. The van der Waals surface area contributed by atoms with Crippen LogP contribution in [0.25, 0.3) is 0 Å². The van der Waals surface area contributed by atoms with Crippen LogP contribution in [0.2, 0.25) is 0 Å². The lowest BCUT2D eigenvalue weighted by molar-refractivity contribution is -0.0498. The van der Waals surface area contributed by atoms with Crippen molar-refractivity contribution in [1.29, 1.82) is 0 Å². The van der Waals surface area contributed by atoms with E-state index in [9.17, 15) is 13.6 Å². The monoisotopic (exact) mass is 284 g/mol. The third-order valence-corrected chi connectivity index (χ3v) is 3.46. The Morgan fingerprint density at radius 1 is 1.35 bits per heavy atom. The van der Waals surface area contributed by atoms with E-state index in [2.05, 4.69) is 10.1 Å². The Hall–Kier alpha value is -1.69. The van der Waals surface area contributed by atoms with Gasteiger partial charge >= 0.3 is 6.61 Å². The minimum atomic E-state index is -2.90. The van der Waals surface area contributed by atoms with Crippen LogP contribution in [0.4, 0.5) is 8.78 Å². The van der Waals surface area contributed by atoms with Crippen LogP contribution < -0.4 is 15.8 Å². The van der Waals surface area contributed by atoms with E-state index in [4.69, 9.17) is 5.73 Å². The van der Waals surface area contributed by atoms with Crippen LogP contribution in [0.15, 0.2) is 24.3 Å². The van der Waals surface area contributed by atoms with Crippen molar-refractivity contribution in [2.45, 2.75) is 44.4 Å². The molecular formula is C14H18F2N2O2. The molecule has 0 spiro atoms. The molecule has 4 nitrogen and oxygen atoms in total. The van der Waals surface area contributed by atoms with E-state index in [-0.39, 0.29) is 23.7 Å². The van der Waals surface area contributed by atoms with Gasteiger partial charge < -0.3 is 15.8 Å². The number of ether oxygens (including phenoxy) is 1. The van der Waals surface area contributed by atoms with Crippen LogP contribution in [-0.4, -0.2) is 24.6 Å². The quantitative estimate of drug-likeness (QED) is 0.891. The molecule has 110 valence electrons. The summed E-state index contributed by atoms with van der Waals surface area (Å²) in [5.41, 5.74) is 6.26. The van der Waals surface area contributed by atoms with Crippen molar-refractivity contribution in [1.82, 2.24) is 5.32 Å². The van der Waals surface area contributed by atoms with E-state index < -0.39 is 6.61 Å². The highest BCUT2D eigenvalue weighted by Gasteiger charge is 2.23. The molecule has 0 heterocycles. The largest absolute Gasteiger partial charge is 0.435 e. The molecule has 2 atom stereocenters. The Labute approximate surface area is 116 Å². The number of carbonyl (C=O) groups is 1. The lowest BCUT2D eigenvalue weighted by atomic mass is 9.91. The lowest BCUT2D eigenvalue weighted by Crippen LogP contribution is -2.49. The first-order chi connectivity index (χ1) is 9.56. The molecule has 1 aliphatic carbocycles. The molecule has 0 radical (unpaired) electrons. The second kappa shape index (κ2) is 6.65. The van der Waals surface area contributed by atoms with Crippen molar-refractivity contribution in [2.75, 3.05) is 0 Å². The molecule has 1 aromatic carbocycles. The number of hydrogen-bond donors (Lipinski definition) is 2. The summed E-state index contributed by atoms with van der Waals surface area (Å²) in [6.07, 6.45) is 3.85. The molecule has 0 aromatic heterocycles.